The Labute approximate surface area is 205 Å². The van der Waals surface area contributed by atoms with E-state index < -0.39 is 0 Å². The van der Waals surface area contributed by atoms with Crippen LogP contribution in [0.4, 0.5) is 17.2 Å². The van der Waals surface area contributed by atoms with Crippen molar-refractivity contribution in [2.45, 2.75) is 13.8 Å². The molecule has 0 spiro atoms. The number of amides is 1. The number of hydrogen-bond donors (Lipinski definition) is 2. The van der Waals surface area contributed by atoms with Crippen LogP contribution in [0.1, 0.15) is 21.9 Å². The predicted octanol–water partition coefficient (Wildman–Crippen LogP) is 5.58. The topological polar surface area (TPSA) is 111 Å². The minimum absolute atomic E-state index is 0.337. The monoisotopic (exact) mass is 485 g/mol. The maximum Gasteiger partial charge on any atom is 0.261 e. The van der Waals surface area contributed by atoms with Crippen LogP contribution in [0.3, 0.4) is 0 Å². The lowest BCUT2D eigenvalue weighted by Gasteiger charge is -2.10. The number of aromatic nitrogens is 5. The van der Waals surface area contributed by atoms with Crippen LogP contribution in [-0.2, 0) is 0 Å². The van der Waals surface area contributed by atoms with Crippen LogP contribution < -0.4 is 10.6 Å². The third-order valence-electron chi connectivity index (χ3n) is 5.23. The number of imidazole rings is 1. The molecule has 0 saturated heterocycles. The Morgan fingerprint density at radius 1 is 1.03 bits per heavy atom. The molecule has 2 aromatic carbocycles. The number of anilines is 3. The van der Waals surface area contributed by atoms with Gasteiger partial charge in [0.2, 0.25) is 0 Å². The Hall–Kier alpha value is -4.50. The van der Waals surface area contributed by atoms with Crippen molar-refractivity contribution in [1.29, 1.82) is 0 Å². The number of nitrogens with zero attached hydrogens (tertiary/aromatic N) is 5. The van der Waals surface area contributed by atoms with Gasteiger partial charge in [-0.1, -0.05) is 35.0 Å². The second-order valence-electron chi connectivity index (χ2n) is 7.73. The third kappa shape index (κ3) is 4.75. The van der Waals surface area contributed by atoms with Crippen LogP contribution in [0.2, 0.25) is 5.02 Å². The molecule has 174 valence electrons. The van der Waals surface area contributed by atoms with Crippen LogP contribution >= 0.6 is 11.6 Å². The van der Waals surface area contributed by atoms with E-state index >= 15 is 0 Å². The highest BCUT2D eigenvalue weighted by molar-refractivity contribution is 6.33. The van der Waals surface area contributed by atoms with E-state index in [1.165, 1.54) is 0 Å². The number of carbonyl (C=O) groups is 1. The highest BCUT2D eigenvalue weighted by atomic mass is 35.5. The Morgan fingerprint density at radius 3 is 2.54 bits per heavy atom. The highest BCUT2D eigenvalue weighted by Gasteiger charge is 2.23. The summed E-state index contributed by atoms with van der Waals surface area (Å²) in [5.74, 6) is 2.04. The van der Waals surface area contributed by atoms with Crippen molar-refractivity contribution >= 4 is 34.7 Å². The molecule has 0 aliphatic rings. The average molecular weight is 486 g/mol. The fourth-order valence-electron chi connectivity index (χ4n) is 3.60. The third-order valence-corrected chi connectivity index (χ3v) is 5.56. The number of halogens is 1. The van der Waals surface area contributed by atoms with Crippen LogP contribution in [0.15, 0.2) is 77.8 Å². The zero-order chi connectivity index (χ0) is 24.4. The van der Waals surface area contributed by atoms with E-state index in [9.17, 15) is 4.79 Å². The van der Waals surface area contributed by atoms with Crippen molar-refractivity contribution in [3.63, 3.8) is 0 Å². The van der Waals surface area contributed by atoms with Gasteiger partial charge < -0.3 is 15.2 Å². The van der Waals surface area contributed by atoms with E-state index in [0.717, 1.165) is 5.69 Å². The lowest BCUT2D eigenvalue weighted by Crippen LogP contribution is -2.13. The van der Waals surface area contributed by atoms with Crippen molar-refractivity contribution in [3.8, 4) is 17.1 Å². The summed E-state index contributed by atoms with van der Waals surface area (Å²) in [6.45, 7) is 3.52. The van der Waals surface area contributed by atoms with E-state index in [1.807, 2.05) is 48.0 Å². The largest absolute Gasteiger partial charge is 0.360 e. The molecule has 0 atom stereocenters. The van der Waals surface area contributed by atoms with E-state index in [4.69, 9.17) is 16.1 Å². The summed E-state index contributed by atoms with van der Waals surface area (Å²) >= 11 is 6.30. The average Bonchev–Trinajstić information content (AvgIpc) is 3.51. The molecule has 0 saturated carbocycles. The molecule has 0 aliphatic carbocycles. The SMILES string of the molecule is Cc1nc(Nc2ccc(NC(=O)c3c(-c4ccccc4Cl)noc3C)cc2)cc(-n2ccnc2)n1. The Morgan fingerprint density at radius 2 is 1.80 bits per heavy atom. The number of nitrogens with one attached hydrogen (secondary N) is 2. The molecule has 0 bridgehead atoms. The van der Waals surface area contributed by atoms with E-state index in [0.29, 0.717) is 50.8 Å². The minimum atomic E-state index is -0.337. The molecule has 35 heavy (non-hydrogen) atoms. The van der Waals surface area contributed by atoms with Gasteiger partial charge in [0, 0.05) is 35.4 Å². The normalized spacial score (nSPS) is 10.8. The molecule has 0 fully saturated rings. The summed E-state index contributed by atoms with van der Waals surface area (Å²) in [5, 5.41) is 10.7. The van der Waals surface area contributed by atoms with Gasteiger partial charge in [0.25, 0.3) is 5.91 Å². The molecule has 1 amide bonds. The first-order chi connectivity index (χ1) is 17.0. The standard InChI is InChI=1S/C25H20ClN7O2/c1-15-23(24(32-35-15)19-5-3-4-6-20(19)26)25(34)31-18-9-7-17(8-10-18)30-21-13-22(29-16(2)28-21)33-12-11-27-14-33/h3-14H,1-2H3,(H,31,34)(H,28,29,30). The summed E-state index contributed by atoms with van der Waals surface area (Å²) in [6.07, 6.45) is 5.19. The Bertz CT molecular complexity index is 1500. The summed E-state index contributed by atoms with van der Waals surface area (Å²) < 4.78 is 7.11. The fraction of sp³-hybridized carbons (Fsp3) is 0.0800. The van der Waals surface area contributed by atoms with Gasteiger partial charge in [-0.2, -0.15) is 0 Å². The van der Waals surface area contributed by atoms with Crippen LogP contribution in [0.25, 0.3) is 17.1 Å². The van der Waals surface area contributed by atoms with Crippen LogP contribution in [-0.4, -0.2) is 30.6 Å². The number of benzene rings is 2. The molecule has 10 heteroatoms. The van der Waals surface area contributed by atoms with Crippen molar-refractivity contribution < 1.29 is 9.32 Å². The number of rotatable bonds is 6. The first-order valence-corrected chi connectivity index (χ1v) is 11.1. The number of aryl methyl sites for hydroxylation is 2. The molecule has 3 heterocycles. The summed E-state index contributed by atoms with van der Waals surface area (Å²) in [6, 6.07) is 16.3. The van der Waals surface area contributed by atoms with Crippen LogP contribution in [0.5, 0.6) is 0 Å². The smallest absolute Gasteiger partial charge is 0.261 e. The number of hydrogen-bond acceptors (Lipinski definition) is 7. The Balaban J connectivity index is 1.33. The second-order valence-corrected chi connectivity index (χ2v) is 8.13. The van der Waals surface area contributed by atoms with Gasteiger partial charge in [-0.05, 0) is 44.2 Å². The molecule has 2 N–H and O–H groups in total. The molecular weight excluding hydrogens is 466 g/mol. The molecule has 3 aromatic heterocycles. The zero-order valence-corrected chi connectivity index (χ0v) is 19.6. The lowest BCUT2D eigenvalue weighted by atomic mass is 10.1. The van der Waals surface area contributed by atoms with Gasteiger partial charge in [-0.25, -0.2) is 15.0 Å². The van der Waals surface area contributed by atoms with Crippen molar-refractivity contribution in [3.05, 3.63) is 95.5 Å². The summed E-state index contributed by atoms with van der Waals surface area (Å²) in [4.78, 5) is 26.0. The molecular formula is C25H20ClN7O2. The Kier molecular flexibility index (Phi) is 5.99. The lowest BCUT2D eigenvalue weighted by molar-refractivity contribution is 0.102. The van der Waals surface area contributed by atoms with Gasteiger partial charge in [0.05, 0.1) is 5.02 Å². The highest BCUT2D eigenvalue weighted by Crippen LogP contribution is 2.31. The van der Waals surface area contributed by atoms with Gasteiger partial charge in [-0.15, -0.1) is 0 Å². The van der Waals surface area contributed by atoms with E-state index in [1.54, 1.807) is 43.7 Å². The molecule has 9 nitrogen and oxygen atoms in total. The predicted molar refractivity (Wildman–Crippen MR) is 133 cm³/mol. The summed E-state index contributed by atoms with van der Waals surface area (Å²) in [5.41, 5.74) is 2.78. The molecule has 5 aromatic rings. The van der Waals surface area contributed by atoms with Gasteiger partial charge >= 0.3 is 0 Å². The zero-order valence-electron chi connectivity index (χ0n) is 18.9. The molecule has 0 unspecified atom stereocenters. The number of carbonyl (C=O) groups excluding carboxylic acids is 1. The van der Waals surface area contributed by atoms with Crippen molar-refractivity contribution in [2.24, 2.45) is 0 Å². The van der Waals surface area contributed by atoms with Crippen molar-refractivity contribution in [2.75, 3.05) is 10.6 Å². The maximum absolute atomic E-state index is 13.1. The van der Waals surface area contributed by atoms with Gasteiger partial charge in [0.1, 0.15) is 40.8 Å². The van der Waals surface area contributed by atoms with Gasteiger partial charge in [0.15, 0.2) is 0 Å². The molecule has 0 radical (unpaired) electrons. The first-order valence-electron chi connectivity index (χ1n) is 10.7. The summed E-state index contributed by atoms with van der Waals surface area (Å²) in [7, 11) is 0. The molecule has 5 rings (SSSR count). The van der Waals surface area contributed by atoms with Crippen molar-refractivity contribution in [1.82, 2.24) is 24.7 Å². The maximum atomic E-state index is 13.1. The fourth-order valence-corrected chi connectivity index (χ4v) is 3.82. The van der Waals surface area contributed by atoms with Gasteiger partial charge in [-0.3, -0.25) is 9.36 Å². The minimum Gasteiger partial charge on any atom is -0.360 e. The second kappa shape index (κ2) is 9.40. The van der Waals surface area contributed by atoms with E-state index in [2.05, 4.69) is 30.7 Å². The first kappa shape index (κ1) is 22.3. The van der Waals surface area contributed by atoms with E-state index in [-0.39, 0.29) is 5.91 Å². The molecule has 0 aliphatic heterocycles. The van der Waals surface area contributed by atoms with Crippen LogP contribution in [0, 0.1) is 13.8 Å². The quantitative estimate of drug-likeness (QED) is 0.323.